The first kappa shape index (κ1) is 18.4. The maximum Gasteiger partial charge on any atom is 0.353 e. The van der Waals surface area contributed by atoms with E-state index in [9.17, 15) is 10.1 Å². The molecule has 2 saturated heterocycles. The Morgan fingerprint density at radius 2 is 1.52 bits per heavy atom. The van der Waals surface area contributed by atoms with Crippen molar-refractivity contribution in [2.24, 2.45) is 0 Å². The largest absolute Gasteiger partial charge is 0.378 e. The third-order valence-electron chi connectivity index (χ3n) is 5.98. The Labute approximate surface area is 159 Å². The molecule has 1 aliphatic carbocycles. The van der Waals surface area contributed by atoms with Crippen molar-refractivity contribution in [3.63, 3.8) is 0 Å². The summed E-state index contributed by atoms with van der Waals surface area (Å²) in [7, 11) is 0. The molecule has 0 unspecified atom stereocenters. The van der Waals surface area contributed by atoms with Gasteiger partial charge in [-0.1, -0.05) is 19.3 Å². The number of morpholine rings is 1. The third-order valence-corrected chi connectivity index (χ3v) is 5.98. The summed E-state index contributed by atoms with van der Waals surface area (Å²) in [5, 5.41) is 11.9. The SMILES string of the molecule is O=[N+]([O-])c1c(N2CCOCC2)ncnc1N1CCN(C2CCCCC2)CC1. The molecule has 27 heavy (non-hydrogen) atoms. The lowest BCUT2D eigenvalue weighted by Gasteiger charge is -2.41. The zero-order chi connectivity index (χ0) is 18.6. The molecular weight excluding hydrogens is 348 g/mol. The van der Waals surface area contributed by atoms with Gasteiger partial charge in [-0.2, -0.15) is 0 Å². The molecule has 0 atom stereocenters. The predicted molar refractivity (Wildman–Crippen MR) is 102 cm³/mol. The smallest absolute Gasteiger partial charge is 0.353 e. The Morgan fingerprint density at radius 3 is 2.11 bits per heavy atom. The Hall–Kier alpha value is -2.00. The second-order valence-corrected chi connectivity index (χ2v) is 7.54. The monoisotopic (exact) mass is 376 g/mol. The zero-order valence-corrected chi connectivity index (χ0v) is 15.8. The molecule has 4 rings (SSSR count). The normalized spacial score (nSPS) is 22.8. The number of hydrogen-bond acceptors (Lipinski definition) is 8. The minimum atomic E-state index is -0.326. The van der Waals surface area contributed by atoms with Gasteiger partial charge in [-0.15, -0.1) is 0 Å². The molecule has 3 fully saturated rings. The molecule has 2 aliphatic heterocycles. The Morgan fingerprint density at radius 1 is 0.926 bits per heavy atom. The van der Waals surface area contributed by atoms with Gasteiger partial charge in [0, 0.05) is 45.3 Å². The van der Waals surface area contributed by atoms with Crippen LogP contribution in [0.2, 0.25) is 0 Å². The lowest BCUT2D eigenvalue weighted by Crippen LogP contribution is -2.51. The Kier molecular flexibility index (Phi) is 5.68. The summed E-state index contributed by atoms with van der Waals surface area (Å²) >= 11 is 0. The molecule has 9 heteroatoms. The van der Waals surface area contributed by atoms with Gasteiger partial charge in [-0.3, -0.25) is 15.0 Å². The van der Waals surface area contributed by atoms with E-state index in [1.807, 2.05) is 4.90 Å². The molecule has 0 bridgehead atoms. The maximum absolute atomic E-state index is 11.9. The van der Waals surface area contributed by atoms with Gasteiger partial charge < -0.3 is 14.5 Å². The number of rotatable bonds is 4. The van der Waals surface area contributed by atoms with Crippen LogP contribution in [0.1, 0.15) is 32.1 Å². The summed E-state index contributed by atoms with van der Waals surface area (Å²) in [6.45, 7) is 5.80. The maximum atomic E-state index is 11.9. The third kappa shape index (κ3) is 3.98. The Bertz CT molecular complexity index is 652. The van der Waals surface area contributed by atoms with Gasteiger partial charge in [-0.25, -0.2) is 9.97 Å². The van der Waals surface area contributed by atoms with E-state index in [1.54, 1.807) is 0 Å². The van der Waals surface area contributed by atoms with E-state index in [0.29, 0.717) is 44.0 Å². The second-order valence-electron chi connectivity index (χ2n) is 7.54. The number of ether oxygens (including phenoxy) is 1. The molecule has 1 saturated carbocycles. The van der Waals surface area contributed by atoms with E-state index in [-0.39, 0.29) is 10.6 Å². The molecule has 0 radical (unpaired) electrons. The number of hydrogen-bond donors (Lipinski definition) is 0. The minimum absolute atomic E-state index is 0.0329. The number of nitro groups is 1. The standard InChI is InChI=1S/C18H28N6O3/c25-24(26)16-17(19-14-20-18(16)23-10-12-27-13-11-23)22-8-6-21(7-9-22)15-4-2-1-3-5-15/h14-15H,1-13H2. The van der Waals surface area contributed by atoms with E-state index in [2.05, 4.69) is 19.8 Å². The van der Waals surface area contributed by atoms with Crippen LogP contribution in [0.4, 0.5) is 17.3 Å². The second kappa shape index (κ2) is 8.35. The van der Waals surface area contributed by atoms with Gasteiger partial charge in [0.15, 0.2) is 0 Å². The van der Waals surface area contributed by atoms with Crippen molar-refractivity contribution in [3.05, 3.63) is 16.4 Å². The lowest BCUT2D eigenvalue weighted by atomic mass is 9.94. The molecule has 3 aliphatic rings. The van der Waals surface area contributed by atoms with Crippen LogP contribution in [0.25, 0.3) is 0 Å². The molecule has 0 N–H and O–H groups in total. The van der Waals surface area contributed by atoms with E-state index >= 15 is 0 Å². The first-order valence-corrected chi connectivity index (χ1v) is 10.0. The van der Waals surface area contributed by atoms with Crippen LogP contribution in [0.15, 0.2) is 6.33 Å². The molecule has 0 amide bonds. The molecular formula is C18H28N6O3. The Balaban J connectivity index is 1.50. The lowest BCUT2D eigenvalue weighted by molar-refractivity contribution is -0.383. The van der Waals surface area contributed by atoms with Crippen LogP contribution in [-0.2, 0) is 4.74 Å². The zero-order valence-electron chi connectivity index (χ0n) is 15.8. The van der Waals surface area contributed by atoms with Crippen molar-refractivity contribution < 1.29 is 9.66 Å². The topological polar surface area (TPSA) is 87.9 Å². The van der Waals surface area contributed by atoms with Crippen LogP contribution in [0, 0.1) is 10.1 Å². The molecule has 0 aromatic carbocycles. The van der Waals surface area contributed by atoms with Crippen molar-refractivity contribution in [1.82, 2.24) is 14.9 Å². The van der Waals surface area contributed by atoms with Crippen molar-refractivity contribution in [2.75, 3.05) is 62.3 Å². The summed E-state index contributed by atoms with van der Waals surface area (Å²) in [6.07, 6.45) is 8.04. The molecule has 0 spiro atoms. The average molecular weight is 376 g/mol. The first-order chi connectivity index (χ1) is 13.2. The van der Waals surface area contributed by atoms with Gasteiger partial charge >= 0.3 is 5.69 Å². The summed E-state index contributed by atoms with van der Waals surface area (Å²) < 4.78 is 5.37. The van der Waals surface area contributed by atoms with Crippen molar-refractivity contribution in [3.8, 4) is 0 Å². The highest BCUT2D eigenvalue weighted by Crippen LogP contribution is 2.35. The van der Waals surface area contributed by atoms with Gasteiger partial charge in [0.25, 0.3) is 0 Å². The van der Waals surface area contributed by atoms with Gasteiger partial charge in [0.2, 0.25) is 11.6 Å². The van der Waals surface area contributed by atoms with E-state index in [4.69, 9.17) is 4.74 Å². The summed E-state index contributed by atoms with van der Waals surface area (Å²) in [5.74, 6) is 0.878. The number of nitrogens with zero attached hydrogens (tertiary/aromatic N) is 6. The molecule has 9 nitrogen and oxygen atoms in total. The van der Waals surface area contributed by atoms with E-state index in [0.717, 1.165) is 26.2 Å². The van der Waals surface area contributed by atoms with Gasteiger partial charge in [-0.05, 0) is 12.8 Å². The van der Waals surface area contributed by atoms with E-state index in [1.165, 1.54) is 38.4 Å². The fourth-order valence-electron chi connectivity index (χ4n) is 4.51. The summed E-state index contributed by atoms with van der Waals surface area (Å²) in [5.41, 5.74) is 0.0329. The number of piperazine rings is 1. The minimum Gasteiger partial charge on any atom is -0.378 e. The van der Waals surface area contributed by atoms with E-state index < -0.39 is 0 Å². The predicted octanol–water partition coefficient (Wildman–Crippen LogP) is 1.68. The molecule has 1 aromatic rings. The average Bonchev–Trinajstić information content (AvgIpc) is 2.74. The number of aromatic nitrogens is 2. The van der Waals surface area contributed by atoms with Crippen LogP contribution in [-0.4, -0.2) is 78.3 Å². The van der Waals surface area contributed by atoms with Crippen LogP contribution in [0.5, 0.6) is 0 Å². The quantitative estimate of drug-likeness (QED) is 0.579. The molecule has 3 heterocycles. The highest BCUT2D eigenvalue weighted by molar-refractivity contribution is 5.71. The highest BCUT2D eigenvalue weighted by Gasteiger charge is 2.33. The van der Waals surface area contributed by atoms with Crippen LogP contribution < -0.4 is 9.80 Å². The van der Waals surface area contributed by atoms with Crippen LogP contribution >= 0.6 is 0 Å². The fourth-order valence-corrected chi connectivity index (χ4v) is 4.51. The van der Waals surface area contributed by atoms with Gasteiger partial charge in [0.1, 0.15) is 6.33 Å². The van der Waals surface area contributed by atoms with Crippen LogP contribution in [0.3, 0.4) is 0 Å². The van der Waals surface area contributed by atoms with Crippen molar-refractivity contribution in [1.29, 1.82) is 0 Å². The van der Waals surface area contributed by atoms with Crippen molar-refractivity contribution in [2.45, 2.75) is 38.1 Å². The summed E-state index contributed by atoms with van der Waals surface area (Å²) in [6, 6.07) is 0.685. The fraction of sp³-hybridized carbons (Fsp3) is 0.778. The molecule has 148 valence electrons. The van der Waals surface area contributed by atoms with Gasteiger partial charge in [0.05, 0.1) is 18.1 Å². The summed E-state index contributed by atoms with van der Waals surface area (Å²) in [4.78, 5) is 26.7. The highest BCUT2D eigenvalue weighted by atomic mass is 16.6. The first-order valence-electron chi connectivity index (χ1n) is 10.0. The molecule has 1 aromatic heterocycles. The van der Waals surface area contributed by atoms with Crippen molar-refractivity contribution >= 4 is 17.3 Å². The number of anilines is 2.